The number of thiol groups is 1. The lowest BCUT2D eigenvalue weighted by molar-refractivity contribution is 0.304. The molecule has 2 aromatic carbocycles. The first-order chi connectivity index (χ1) is 12.8. The van der Waals surface area contributed by atoms with Crippen molar-refractivity contribution in [1.29, 1.82) is 0 Å². The number of ether oxygens (including phenoxy) is 1. The highest BCUT2D eigenvalue weighted by molar-refractivity contribution is 7.80. The van der Waals surface area contributed by atoms with E-state index in [9.17, 15) is 0 Å². The number of hydrogen-bond acceptors (Lipinski definition) is 4. The minimum atomic E-state index is 0.779. The van der Waals surface area contributed by atoms with Gasteiger partial charge in [-0.3, -0.25) is 0 Å². The van der Waals surface area contributed by atoms with Crippen LogP contribution in [0.2, 0.25) is 0 Å². The van der Waals surface area contributed by atoms with E-state index in [2.05, 4.69) is 29.8 Å². The molecule has 2 rings (SSSR count). The third-order valence-corrected chi connectivity index (χ3v) is 4.54. The monoisotopic (exact) mass is 370 g/mol. The van der Waals surface area contributed by atoms with E-state index in [4.69, 9.17) is 4.74 Å². The van der Waals surface area contributed by atoms with Crippen LogP contribution >= 0.6 is 12.6 Å². The summed E-state index contributed by atoms with van der Waals surface area (Å²) < 4.78 is 5.80. The van der Waals surface area contributed by atoms with Gasteiger partial charge in [-0.05, 0) is 61.9 Å². The second-order valence-electron chi connectivity index (χ2n) is 6.58. The fraction of sp³-hybridized carbons (Fsp3) is 0.455. The Morgan fingerprint density at radius 2 is 1.19 bits per heavy atom. The van der Waals surface area contributed by atoms with Gasteiger partial charge in [-0.15, -0.1) is 0 Å². The number of unbranched alkanes of at least 4 members (excludes halogenated alkanes) is 6. The first-order valence-electron chi connectivity index (χ1n) is 9.60. The molecule has 0 saturated carbocycles. The van der Waals surface area contributed by atoms with Crippen molar-refractivity contribution in [2.75, 3.05) is 12.4 Å². The molecule has 0 atom stereocenters. The van der Waals surface area contributed by atoms with Gasteiger partial charge in [-0.25, -0.2) is 0 Å². The van der Waals surface area contributed by atoms with Crippen LogP contribution in [0.3, 0.4) is 0 Å². The van der Waals surface area contributed by atoms with Crippen LogP contribution in [-0.4, -0.2) is 12.4 Å². The average Bonchev–Trinajstić information content (AvgIpc) is 2.67. The summed E-state index contributed by atoms with van der Waals surface area (Å²) in [6, 6.07) is 15.8. The zero-order valence-corrected chi connectivity index (χ0v) is 16.6. The Balaban J connectivity index is 1.62. The highest BCUT2D eigenvalue weighted by Gasteiger charge is 1.96. The van der Waals surface area contributed by atoms with Crippen molar-refractivity contribution in [2.45, 2.75) is 51.9 Å². The van der Waals surface area contributed by atoms with Gasteiger partial charge in [0, 0.05) is 0 Å². The van der Waals surface area contributed by atoms with Crippen molar-refractivity contribution < 1.29 is 4.74 Å². The van der Waals surface area contributed by atoms with Crippen molar-refractivity contribution in [3.05, 3.63) is 54.1 Å². The summed E-state index contributed by atoms with van der Waals surface area (Å²) in [6.07, 6.45) is 8.87. The van der Waals surface area contributed by atoms with Crippen LogP contribution in [0.4, 0.5) is 11.4 Å². The quantitative estimate of drug-likeness (QED) is 0.235. The summed E-state index contributed by atoms with van der Waals surface area (Å²) in [4.78, 5) is 0. The summed E-state index contributed by atoms with van der Waals surface area (Å²) in [6.45, 7) is 2.84. The molecule has 0 aliphatic carbocycles. The van der Waals surface area contributed by atoms with Crippen LogP contribution in [0.5, 0.6) is 5.75 Å². The predicted octanol–water partition coefficient (Wildman–Crippen LogP) is 7.45. The standard InChI is InChI=1S/C22H30N2OS/c1-19-9-11-20(12-10-19)23-24-21-13-15-22(16-14-21)25-17-7-5-3-2-4-6-8-18-26/h9-16,26H,2-8,17-18H2,1H3. The van der Waals surface area contributed by atoms with Crippen molar-refractivity contribution in [1.82, 2.24) is 0 Å². The van der Waals surface area contributed by atoms with Gasteiger partial charge >= 0.3 is 0 Å². The lowest BCUT2D eigenvalue weighted by atomic mass is 10.1. The van der Waals surface area contributed by atoms with E-state index < -0.39 is 0 Å². The molecule has 0 heterocycles. The van der Waals surface area contributed by atoms with E-state index in [1.807, 2.05) is 48.5 Å². The van der Waals surface area contributed by atoms with Crippen LogP contribution in [0.15, 0.2) is 58.8 Å². The first-order valence-corrected chi connectivity index (χ1v) is 10.2. The molecule has 4 heteroatoms. The average molecular weight is 371 g/mol. The molecule has 0 N–H and O–H groups in total. The Morgan fingerprint density at radius 3 is 1.77 bits per heavy atom. The van der Waals surface area contributed by atoms with Crippen molar-refractivity contribution in [2.24, 2.45) is 10.2 Å². The van der Waals surface area contributed by atoms with Gasteiger partial charge in [0.2, 0.25) is 0 Å². The van der Waals surface area contributed by atoms with Gasteiger partial charge in [-0.2, -0.15) is 22.9 Å². The molecule has 0 radical (unpaired) electrons. The number of rotatable bonds is 12. The predicted molar refractivity (Wildman–Crippen MR) is 113 cm³/mol. The van der Waals surface area contributed by atoms with Gasteiger partial charge in [-0.1, -0.05) is 49.8 Å². The maximum Gasteiger partial charge on any atom is 0.119 e. The molecule has 0 spiro atoms. The zero-order chi connectivity index (χ0) is 18.5. The van der Waals surface area contributed by atoms with Crippen LogP contribution in [-0.2, 0) is 0 Å². The molecule has 0 amide bonds. The lowest BCUT2D eigenvalue weighted by Gasteiger charge is -2.06. The molecule has 0 fully saturated rings. The first kappa shape index (κ1) is 20.5. The van der Waals surface area contributed by atoms with E-state index in [0.29, 0.717) is 0 Å². The fourth-order valence-electron chi connectivity index (χ4n) is 2.62. The Hall–Kier alpha value is -1.81. The topological polar surface area (TPSA) is 34.0 Å². The second kappa shape index (κ2) is 12.5. The van der Waals surface area contributed by atoms with Crippen molar-refractivity contribution >= 4 is 24.0 Å². The van der Waals surface area contributed by atoms with Crippen LogP contribution < -0.4 is 4.74 Å². The Kier molecular flexibility index (Phi) is 9.88. The largest absolute Gasteiger partial charge is 0.494 e. The van der Waals surface area contributed by atoms with Crippen LogP contribution in [0.25, 0.3) is 0 Å². The molecule has 26 heavy (non-hydrogen) atoms. The van der Waals surface area contributed by atoms with E-state index in [-0.39, 0.29) is 0 Å². The molecular weight excluding hydrogens is 340 g/mol. The fourth-order valence-corrected chi connectivity index (χ4v) is 2.85. The van der Waals surface area contributed by atoms with E-state index in [0.717, 1.165) is 35.9 Å². The SMILES string of the molecule is Cc1ccc(N=Nc2ccc(OCCCCCCCCCS)cc2)cc1. The normalized spacial score (nSPS) is 11.2. The maximum atomic E-state index is 5.80. The van der Waals surface area contributed by atoms with E-state index in [1.54, 1.807) is 0 Å². The smallest absolute Gasteiger partial charge is 0.119 e. The van der Waals surface area contributed by atoms with Crippen LogP contribution in [0.1, 0.15) is 50.5 Å². The Labute approximate surface area is 163 Å². The number of azo groups is 1. The molecule has 0 aliphatic rings. The number of aryl methyl sites for hydroxylation is 1. The highest BCUT2D eigenvalue weighted by Crippen LogP contribution is 2.21. The number of benzene rings is 2. The third kappa shape index (κ3) is 8.52. The van der Waals surface area contributed by atoms with Gasteiger partial charge in [0.1, 0.15) is 5.75 Å². The van der Waals surface area contributed by atoms with Gasteiger partial charge in [0.25, 0.3) is 0 Å². The number of nitrogens with zero attached hydrogens (tertiary/aromatic N) is 2. The molecule has 0 aromatic heterocycles. The molecular formula is C22H30N2OS. The molecule has 0 bridgehead atoms. The Bertz CT molecular complexity index is 638. The van der Waals surface area contributed by atoms with Gasteiger partial charge in [0.05, 0.1) is 18.0 Å². The van der Waals surface area contributed by atoms with Crippen molar-refractivity contribution in [3.63, 3.8) is 0 Å². The van der Waals surface area contributed by atoms with E-state index >= 15 is 0 Å². The third-order valence-electron chi connectivity index (χ3n) is 4.22. The molecule has 3 nitrogen and oxygen atoms in total. The lowest BCUT2D eigenvalue weighted by Crippen LogP contribution is -1.96. The van der Waals surface area contributed by atoms with Gasteiger partial charge in [0.15, 0.2) is 0 Å². The maximum absolute atomic E-state index is 5.80. The summed E-state index contributed by atoms with van der Waals surface area (Å²) in [5, 5.41) is 8.51. The zero-order valence-electron chi connectivity index (χ0n) is 15.7. The molecule has 2 aromatic rings. The minimum Gasteiger partial charge on any atom is -0.494 e. The summed E-state index contributed by atoms with van der Waals surface area (Å²) in [5.41, 5.74) is 2.92. The summed E-state index contributed by atoms with van der Waals surface area (Å²) in [7, 11) is 0. The molecule has 140 valence electrons. The number of hydrogen-bond donors (Lipinski definition) is 1. The highest BCUT2D eigenvalue weighted by atomic mass is 32.1. The molecule has 0 unspecified atom stereocenters. The van der Waals surface area contributed by atoms with Crippen molar-refractivity contribution in [3.8, 4) is 5.75 Å². The summed E-state index contributed by atoms with van der Waals surface area (Å²) in [5.74, 6) is 1.91. The van der Waals surface area contributed by atoms with Gasteiger partial charge < -0.3 is 4.74 Å². The molecule has 0 aliphatic heterocycles. The second-order valence-corrected chi connectivity index (χ2v) is 7.02. The molecule has 0 saturated heterocycles. The van der Waals surface area contributed by atoms with E-state index in [1.165, 1.54) is 44.1 Å². The summed E-state index contributed by atoms with van der Waals surface area (Å²) >= 11 is 4.24. The minimum absolute atomic E-state index is 0.779. The van der Waals surface area contributed by atoms with Crippen LogP contribution in [0, 0.1) is 6.92 Å². The Morgan fingerprint density at radius 1 is 0.692 bits per heavy atom.